The Labute approximate surface area is 231 Å². The lowest BCUT2D eigenvalue weighted by atomic mass is 9.88. The molecule has 2 N–H and O–H groups in total. The van der Waals surface area contributed by atoms with Crippen molar-refractivity contribution in [2.24, 2.45) is 23.5 Å². The summed E-state index contributed by atoms with van der Waals surface area (Å²) in [5.41, 5.74) is 5.39. The van der Waals surface area contributed by atoms with Crippen molar-refractivity contribution in [3.8, 4) is 11.5 Å². The van der Waals surface area contributed by atoms with Gasteiger partial charge in [0.25, 0.3) is 0 Å². The number of ether oxygens (including phenoxy) is 5. The molecule has 0 heterocycles. The number of rotatable bonds is 16. The molecule has 3 unspecified atom stereocenters. The summed E-state index contributed by atoms with van der Waals surface area (Å²) in [5, 5.41) is 0. The molecule has 1 rings (SSSR count). The van der Waals surface area contributed by atoms with E-state index in [4.69, 9.17) is 29.4 Å². The minimum absolute atomic E-state index is 0.0282. The number of carbonyl (C=O) groups is 4. The topological polar surface area (TPSA) is 140 Å². The van der Waals surface area contributed by atoms with Crippen LogP contribution >= 0.6 is 0 Å². The fourth-order valence-corrected chi connectivity index (χ4v) is 3.77. The Hall–Kier alpha value is -3.14. The van der Waals surface area contributed by atoms with E-state index in [9.17, 15) is 19.2 Å². The van der Waals surface area contributed by atoms with Crippen LogP contribution in [0.2, 0.25) is 0 Å². The average molecular weight is 552 g/mol. The fraction of sp³-hybridized carbons (Fsp3) is 0.655. The molecule has 0 aliphatic heterocycles. The van der Waals surface area contributed by atoms with Gasteiger partial charge in [-0.2, -0.15) is 0 Å². The zero-order valence-electron chi connectivity index (χ0n) is 24.4. The highest BCUT2D eigenvalue weighted by atomic mass is 16.7. The van der Waals surface area contributed by atoms with Gasteiger partial charge in [0, 0.05) is 12.8 Å². The van der Waals surface area contributed by atoms with E-state index in [0.29, 0.717) is 18.4 Å². The van der Waals surface area contributed by atoms with Crippen LogP contribution in [0.25, 0.3) is 0 Å². The predicted molar refractivity (Wildman–Crippen MR) is 145 cm³/mol. The highest BCUT2D eigenvalue weighted by molar-refractivity contribution is 5.81. The summed E-state index contributed by atoms with van der Waals surface area (Å²) in [6.45, 7) is 11.3. The number of methoxy groups -OCH3 is 1. The maximum Gasteiger partial charge on any atom is 0.508 e. The van der Waals surface area contributed by atoms with Crippen molar-refractivity contribution < 1.29 is 42.9 Å². The molecule has 0 bridgehead atoms. The highest BCUT2D eigenvalue weighted by Crippen LogP contribution is 2.32. The first-order chi connectivity index (χ1) is 18.4. The van der Waals surface area contributed by atoms with Crippen molar-refractivity contribution in [3.05, 3.63) is 23.8 Å². The normalized spacial score (nSPS) is 14.1. The van der Waals surface area contributed by atoms with Gasteiger partial charge >= 0.3 is 24.1 Å². The summed E-state index contributed by atoms with van der Waals surface area (Å²) in [6, 6.07) is 4.66. The van der Waals surface area contributed by atoms with Gasteiger partial charge in [-0.3, -0.25) is 14.4 Å². The molecule has 1 aromatic carbocycles. The van der Waals surface area contributed by atoms with E-state index in [1.807, 2.05) is 27.7 Å². The molecule has 0 radical (unpaired) electrons. The molecule has 0 saturated heterocycles. The van der Waals surface area contributed by atoms with Gasteiger partial charge in [-0.15, -0.1) is 0 Å². The van der Waals surface area contributed by atoms with Gasteiger partial charge in [-0.05, 0) is 36.5 Å². The second-order valence-electron chi connectivity index (χ2n) is 10.4. The first kappa shape index (κ1) is 33.9. The molecule has 0 aliphatic carbocycles. The van der Waals surface area contributed by atoms with Crippen molar-refractivity contribution in [1.29, 1.82) is 0 Å². The third-order valence-electron chi connectivity index (χ3n) is 6.09. The summed E-state index contributed by atoms with van der Waals surface area (Å²) < 4.78 is 26.2. The van der Waals surface area contributed by atoms with Crippen LogP contribution in [-0.2, 0) is 35.0 Å². The first-order valence-corrected chi connectivity index (χ1v) is 13.6. The van der Waals surface area contributed by atoms with Crippen LogP contribution < -0.4 is 15.2 Å². The van der Waals surface area contributed by atoms with Gasteiger partial charge in [-0.1, -0.05) is 60.5 Å². The zero-order chi connectivity index (χ0) is 29.6. The molecule has 10 heteroatoms. The lowest BCUT2D eigenvalue weighted by Gasteiger charge is -2.27. The monoisotopic (exact) mass is 551 g/mol. The van der Waals surface area contributed by atoms with Crippen LogP contribution in [0.5, 0.6) is 11.5 Å². The van der Waals surface area contributed by atoms with Gasteiger partial charge in [-0.25, -0.2) is 4.79 Å². The van der Waals surface area contributed by atoms with E-state index in [-0.39, 0.29) is 55.3 Å². The Balaban J connectivity index is 3.18. The molecule has 1 aromatic rings. The Morgan fingerprint density at radius 3 is 1.95 bits per heavy atom. The number of nitrogens with two attached hydrogens (primary N) is 1. The number of carbonyl (C=O) groups excluding carboxylic acids is 4. The van der Waals surface area contributed by atoms with Crippen molar-refractivity contribution in [1.82, 2.24) is 0 Å². The summed E-state index contributed by atoms with van der Waals surface area (Å²) in [7, 11) is 1.21. The Morgan fingerprint density at radius 1 is 0.872 bits per heavy atom. The molecule has 39 heavy (non-hydrogen) atoms. The number of hydrogen-bond donors (Lipinski definition) is 1. The molecular weight excluding hydrogens is 506 g/mol. The molecule has 0 amide bonds. The highest BCUT2D eigenvalue weighted by Gasteiger charge is 2.36. The first-order valence-electron chi connectivity index (χ1n) is 13.6. The Kier molecular flexibility index (Phi) is 14.5. The van der Waals surface area contributed by atoms with Gasteiger partial charge in [0.1, 0.15) is 5.54 Å². The molecule has 0 aromatic heterocycles. The number of esters is 3. The zero-order valence-corrected chi connectivity index (χ0v) is 24.4. The molecule has 220 valence electrons. The SMILES string of the molecule is CCCC(C)C(=O)Oc1ccc(CC(N)(CCOC(=O)OCC(C)C)C(=O)OC)cc1OC(=O)C(C)CCC. The second-order valence-corrected chi connectivity index (χ2v) is 10.4. The number of benzene rings is 1. The third kappa shape index (κ3) is 11.6. The summed E-state index contributed by atoms with van der Waals surface area (Å²) >= 11 is 0. The minimum atomic E-state index is -1.56. The van der Waals surface area contributed by atoms with E-state index >= 15 is 0 Å². The fourth-order valence-electron chi connectivity index (χ4n) is 3.77. The molecule has 0 saturated carbocycles. The van der Waals surface area contributed by atoms with E-state index in [2.05, 4.69) is 0 Å². The van der Waals surface area contributed by atoms with E-state index in [1.165, 1.54) is 19.2 Å². The van der Waals surface area contributed by atoms with Gasteiger partial charge < -0.3 is 29.4 Å². The van der Waals surface area contributed by atoms with Crippen LogP contribution in [0.1, 0.15) is 79.2 Å². The second kappa shape index (κ2) is 16.7. The van der Waals surface area contributed by atoms with Crippen molar-refractivity contribution in [2.75, 3.05) is 20.3 Å². The van der Waals surface area contributed by atoms with Crippen LogP contribution in [-0.4, -0.2) is 49.9 Å². The summed E-state index contributed by atoms with van der Waals surface area (Å²) in [6.07, 6.45) is 1.97. The summed E-state index contributed by atoms with van der Waals surface area (Å²) in [4.78, 5) is 49.7. The molecule has 0 aliphatic rings. The Morgan fingerprint density at radius 2 is 1.44 bits per heavy atom. The molecule has 10 nitrogen and oxygen atoms in total. The van der Waals surface area contributed by atoms with Crippen LogP contribution in [0, 0.1) is 17.8 Å². The maximum absolute atomic E-state index is 12.7. The molecule has 0 spiro atoms. The van der Waals surface area contributed by atoms with Crippen LogP contribution in [0.15, 0.2) is 18.2 Å². The lowest BCUT2D eigenvalue weighted by Crippen LogP contribution is -2.51. The largest absolute Gasteiger partial charge is 0.508 e. The van der Waals surface area contributed by atoms with Crippen molar-refractivity contribution in [3.63, 3.8) is 0 Å². The molecule has 3 atom stereocenters. The predicted octanol–water partition coefficient (Wildman–Crippen LogP) is 4.98. The molecule has 0 fully saturated rings. The lowest BCUT2D eigenvalue weighted by molar-refractivity contribution is -0.148. The quantitative estimate of drug-likeness (QED) is 0.221. The van der Waals surface area contributed by atoms with Crippen LogP contribution in [0.3, 0.4) is 0 Å². The van der Waals surface area contributed by atoms with Gasteiger partial charge in [0.15, 0.2) is 11.5 Å². The maximum atomic E-state index is 12.7. The molecular formula is C29H45NO9. The smallest absolute Gasteiger partial charge is 0.468 e. The third-order valence-corrected chi connectivity index (χ3v) is 6.09. The summed E-state index contributed by atoms with van der Waals surface area (Å²) in [5.74, 6) is -2.01. The van der Waals surface area contributed by atoms with E-state index in [1.54, 1.807) is 19.9 Å². The minimum Gasteiger partial charge on any atom is -0.468 e. The van der Waals surface area contributed by atoms with Crippen molar-refractivity contribution in [2.45, 2.75) is 85.6 Å². The average Bonchev–Trinajstić information content (AvgIpc) is 2.88. The standard InChI is InChI=1S/C29H45NO9/c1-8-10-20(5)25(31)38-23-13-12-22(16-24(23)39-26(32)21(6)11-9-2)17-29(30,27(33)35-7)14-15-36-28(34)37-18-19(3)4/h12-13,16,19-21H,8-11,14-15,17-18,30H2,1-7H3. The van der Waals surface area contributed by atoms with Crippen LogP contribution in [0.4, 0.5) is 4.79 Å². The van der Waals surface area contributed by atoms with Gasteiger partial charge in [0.2, 0.25) is 0 Å². The van der Waals surface area contributed by atoms with E-state index in [0.717, 1.165) is 12.8 Å². The van der Waals surface area contributed by atoms with Gasteiger partial charge in [0.05, 0.1) is 32.2 Å². The van der Waals surface area contributed by atoms with Crippen molar-refractivity contribution >= 4 is 24.1 Å². The Bertz CT molecular complexity index is 962. The number of hydrogen-bond acceptors (Lipinski definition) is 10. The van der Waals surface area contributed by atoms with E-state index < -0.39 is 29.6 Å².